The second-order valence-corrected chi connectivity index (χ2v) is 4.51. The van der Waals surface area contributed by atoms with Crippen molar-refractivity contribution >= 4 is 22.6 Å². The van der Waals surface area contributed by atoms with Gasteiger partial charge in [-0.05, 0) is 36.8 Å². The minimum atomic E-state index is -0.355. The summed E-state index contributed by atoms with van der Waals surface area (Å²) in [7, 11) is 0. The Labute approximate surface area is 114 Å². The van der Waals surface area contributed by atoms with Crippen LogP contribution in [0, 0.1) is 12.7 Å². The van der Waals surface area contributed by atoms with Crippen LogP contribution < -0.4 is 5.32 Å². The lowest BCUT2D eigenvalue weighted by molar-refractivity contribution is 0.102. The van der Waals surface area contributed by atoms with E-state index in [0.29, 0.717) is 22.4 Å². The van der Waals surface area contributed by atoms with Gasteiger partial charge in [-0.2, -0.15) is 0 Å². The summed E-state index contributed by atoms with van der Waals surface area (Å²) in [6.07, 6.45) is 1.60. The van der Waals surface area contributed by atoms with Crippen LogP contribution in [-0.4, -0.2) is 15.9 Å². The molecule has 3 aromatic rings. The van der Waals surface area contributed by atoms with Gasteiger partial charge in [0.15, 0.2) is 0 Å². The van der Waals surface area contributed by atoms with E-state index >= 15 is 0 Å². The Kier molecular flexibility index (Phi) is 2.95. The number of rotatable bonds is 2. The summed E-state index contributed by atoms with van der Waals surface area (Å²) in [5.41, 5.74) is 1.76. The van der Waals surface area contributed by atoms with Crippen LogP contribution in [0.15, 0.2) is 42.6 Å². The summed E-state index contributed by atoms with van der Waals surface area (Å²) in [5.74, 6) is -0.203. The van der Waals surface area contributed by atoms with Gasteiger partial charge >= 0.3 is 0 Å². The van der Waals surface area contributed by atoms with Crippen LogP contribution in [0.1, 0.15) is 16.1 Å². The molecule has 0 bridgehead atoms. The van der Waals surface area contributed by atoms with Gasteiger partial charge in [-0.3, -0.25) is 4.79 Å². The van der Waals surface area contributed by atoms with E-state index in [1.165, 1.54) is 12.1 Å². The average Bonchev–Trinajstić information content (AvgIpc) is 2.87. The summed E-state index contributed by atoms with van der Waals surface area (Å²) in [5, 5.41) is 3.10. The number of anilines is 1. The van der Waals surface area contributed by atoms with Crippen LogP contribution in [0.25, 0.3) is 10.9 Å². The molecule has 1 amide bonds. The highest BCUT2D eigenvalue weighted by molar-refractivity contribution is 6.05. The number of halogens is 1. The maximum absolute atomic E-state index is 13.6. The number of nitrogens with one attached hydrogen (secondary N) is 2. The summed E-state index contributed by atoms with van der Waals surface area (Å²) in [6.45, 7) is 1.85. The maximum Gasteiger partial charge on any atom is 0.273 e. The third-order valence-corrected chi connectivity index (χ3v) is 3.10. The predicted molar refractivity (Wildman–Crippen MR) is 75.2 cm³/mol. The van der Waals surface area contributed by atoms with Crippen molar-refractivity contribution in [3.05, 3.63) is 59.7 Å². The summed E-state index contributed by atoms with van der Waals surface area (Å²) >= 11 is 0. The molecule has 2 aromatic heterocycles. The van der Waals surface area contributed by atoms with Crippen LogP contribution in [0.5, 0.6) is 0 Å². The van der Waals surface area contributed by atoms with Gasteiger partial charge in [0.1, 0.15) is 17.3 Å². The Balaban J connectivity index is 1.93. The van der Waals surface area contributed by atoms with Crippen molar-refractivity contribution < 1.29 is 9.18 Å². The highest BCUT2D eigenvalue weighted by Crippen LogP contribution is 2.19. The minimum Gasteiger partial charge on any atom is -0.350 e. The number of benzene rings is 1. The Morgan fingerprint density at radius 2 is 2.15 bits per heavy atom. The van der Waals surface area contributed by atoms with E-state index in [2.05, 4.69) is 15.3 Å². The number of fused-ring (bicyclic) bond motifs is 1. The van der Waals surface area contributed by atoms with Gasteiger partial charge in [-0.15, -0.1) is 0 Å². The maximum atomic E-state index is 13.6. The van der Waals surface area contributed by atoms with Gasteiger partial charge in [0.2, 0.25) is 0 Å². The third-order valence-electron chi connectivity index (χ3n) is 3.10. The SMILES string of the molecule is Cc1cccnc1NC(=O)c1cc2c(F)cccc2[nH]1. The lowest BCUT2D eigenvalue weighted by Gasteiger charge is -2.05. The van der Waals surface area contributed by atoms with Gasteiger partial charge in [-0.1, -0.05) is 12.1 Å². The van der Waals surface area contributed by atoms with Gasteiger partial charge < -0.3 is 10.3 Å². The van der Waals surface area contributed by atoms with Crippen molar-refractivity contribution in [1.82, 2.24) is 9.97 Å². The molecule has 20 heavy (non-hydrogen) atoms. The molecule has 2 heterocycles. The topological polar surface area (TPSA) is 57.8 Å². The Morgan fingerprint density at radius 3 is 2.90 bits per heavy atom. The number of amides is 1. The van der Waals surface area contributed by atoms with Crippen molar-refractivity contribution in [3.63, 3.8) is 0 Å². The number of aryl methyl sites for hydroxylation is 1. The number of carbonyl (C=O) groups is 1. The molecule has 1 aromatic carbocycles. The molecule has 0 saturated heterocycles. The molecule has 100 valence electrons. The number of hydrogen-bond donors (Lipinski definition) is 2. The predicted octanol–water partition coefficient (Wildman–Crippen LogP) is 3.26. The Hall–Kier alpha value is -2.69. The first-order chi connectivity index (χ1) is 9.65. The molecule has 3 rings (SSSR count). The second-order valence-electron chi connectivity index (χ2n) is 4.51. The molecular formula is C15H12FN3O. The molecule has 0 aliphatic carbocycles. The molecule has 5 heteroatoms. The molecule has 0 aliphatic heterocycles. The largest absolute Gasteiger partial charge is 0.350 e. The summed E-state index contributed by atoms with van der Waals surface area (Å²) in [6, 6.07) is 9.83. The van der Waals surface area contributed by atoms with E-state index in [9.17, 15) is 9.18 Å². The fraction of sp³-hybridized carbons (Fsp3) is 0.0667. The monoisotopic (exact) mass is 269 g/mol. The van der Waals surface area contributed by atoms with Gasteiger partial charge in [0.05, 0.1) is 0 Å². The van der Waals surface area contributed by atoms with Crippen LogP contribution in [-0.2, 0) is 0 Å². The Morgan fingerprint density at radius 1 is 1.30 bits per heavy atom. The highest BCUT2D eigenvalue weighted by Gasteiger charge is 2.13. The zero-order valence-corrected chi connectivity index (χ0v) is 10.8. The molecule has 4 nitrogen and oxygen atoms in total. The third kappa shape index (κ3) is 2.14. The van der Waals surface area contributed by atoms with E-state index in [4.69, 9.17) is 0 Å². The normalized spacial score (nSPS) is 10.7. The number of pyridine rings is 1. The first kappa shape index (κ1) is 12.3. The first-order valence-electron chi connectivity index (χ1n) is 6.15. The molecule has 2 N–H and O–H groups in total. The molecule has 0 saturated carbocycles. The number of nitrogens with zero attached hydrogens (tertiary/aromatic N) is 1. The standard InChI is InChI=1S/C15H12FN3O/c1-9-4-3-7-17-14(9)19-15(20)13-8-10-11(16)5-2-6-12(10)18-13/h2-8,18H,1H3,(H,17,19,20). The number of carbonyl (C=O) groups excluding carboxylic acids is 1. The van der Waals surface area contributed by atoms with Crippen molar-refractivity contribution in [2.24, 2.45) is 0 Å². The van der Waals surface area contributed by atoms with Crippen molar-refractivity contribution in [1.29, 1.82) is 0 Å². The van der Waals surface area contributed by atoms with Crippen LogP contribution >= 0.6 is 0 Å². The van der Waals surface area contributed by atoms with E-state index in [1.807, 2.05) is 13.0 Å². The van der Waals surface area contributed by atoms with Gasteiger partial charge in [0.25, 0.3) is 5.91 Å². The molecule has 0 spiro atoms. The molecule has 0 atom stereocenters. The van der Waals surface area contributed by atoms with E-state index in [0.717, 1.165) is 5.56 Å². The van der Waals surface area contributed by atoms with Gasteiger partial charge in [0, 0.05) is 17.1 Å². The van der Waals surface area contributed by atoms with E-state index < -0.39 is 0 Å². The van der Waals surface area contributed by atoms with Crippen LogP contribution in [0.4, 0.5) is 10.2 Å². The summed E-state index contributed by atoms with van der Waals surface area (Å²) < 4.78 is 13.6. The molecule has 0 radical (unpaired) electrons. The molecule has 0 fully saturated rings. The fourth-order valence-electron chi connectivity index (χ4n) is 2.03. The first-order valence-corrected chi connectivity index (χ1v) is 6.15. The van der Waals surface area contributed by atoms with Crippen LogP contribution in [0.3, 0.4) is 0 Å². The smallest absolute Gasteiger partial charge is 0.273 e. The number of hydrogen-bond acceptors (Lipinski definition) is 2. The number of aromatic amines is 1. The molecule has 0 aliphatic rings. The lowest BCUT2D eigenvalue weighted by atomic mass is 10.2. The molecule has 0 unspecified atom stereocenters. The summed E-state index contributed by atoms with van der Waals surface area (Å²) in [4.78, 5) is 19.1. The average molecular weight is 269 g/mol. The van der Waals surface area contributed by atoms with E-state index in [1.54, 1.807) is 24.4 Å². The Bertz CT molecular complexity index is 795. The van der Waals surface area contributed by atoms with Crippen molar-refractivity contribution in [2.75, 3.05) is 5.32 Å². The zero-order chi connectivity index (χ0) is 14.1. The number of H-pyrrole nitrogens is 1. The van der Waals surface area contributed by atoms with Crippen molar-refractivity contribution in [2.45, 2.75) is 6.92 Å². The number of aromatic nitrogens is 2. The fourth-order valence-corrected chi connectivity index (χ4v) is 2.03. The highest BCUT2D eigenvalue weighted by atomic mass is 19.1. The minimum absolute atomic E-state index is 0.301. The van der Waals surface area contributed by atoms with E-state index in [-0.39, 0.29) is 11.7 Å². The molecular weight excluding hydrogens is 257 g/mol. The van der Waals surface area contributed by atoms with Gasteiger partial charge in [-0.25, -0.2) is 9.37 Å². The lowest BCUT2D eigenvalue weighted by Crippen LogP contribution is -2.14. The van der Waals surface area contributed by atoms with Crippen molar-refractivity contribution in [3.8, 4) is 0 Å². The van der Waals surface area contributed by atoms with Crippen LogP contribution in [0.2, 0.25) is 0 Å². The second kappa shape index (κ2) is 4.77. The zero-order valence-electron chi connectivity index (χ0n) is 10.8. The quantitative estimate of drug-likeness (QED) is 0.750.